The lowest BCUT2D eigenvalue weighted by Crippen LogP contribution is -2.51. The molecule has 4 rings (SSSR count). The topological polar surface area (TPSA) is 81.8 Å². The molecule has 2 N–H and O–H groups in total. The van der Waals surface area contributed by atoms with Crippen LogP contribution in [0.1, 0.15) is 56.3 Å². The van der Waals surface area contributed by atoms with E-state index in [1.165, 1.54) is 0 Å². The summed E-state index contributed by atoms with van der Waals surface area (Å²) in [4.78, 5) is 42.9. The van der Waals surface area contributed by atoms with E-state index in [0.29, 0.717) is 17.8 Å². The lowest BCUT2D eigenvalue weighted by Gasteiger charge is -2.33. The molecule has 4 amide bonds. The molecule has 7 nitrogen and oxygen atoms in total. The highest BCUT2D eigenvalue weighted by Gasteiger charge is 2.48. The Hall–Kier alpha value is -2.83. The number of benzene rings is 1. The van der Waals surface area contributed by atoms with E-state index in [1.54, 1.807) is 9.80 Å². The van der Waals surface area contributed by atoms with Crippen LogP contribution in [0.4, 0.5) is 4.79 Å². The van der Waals surface area contributed by atoms with Crippen LogP contribution < -0.4 is 10.6 Å². The predicted molar refractivity (Wildman–Crippen MR) is 118 cm³/mol. The van der Waals surface area contributed by atoms with Gasteiger partial charge in [-0.3, -0.25) is 14.5 Å². The summed E-state index contributed by atoms with van der Waals surface area (Å²) in [6.45, 7) is 10.6. The Balaban J connectivity index is 1.72. The zero-order valence-corrected chi connectivity index (χ0v) is 19.0. The van der Waals surface area contributed by atoms with Gasteiger partial charge >= 0.3 is 6.03 Å². The van der Waals surface area contributed by atoms with Crippen molar-refractivity contribution in [3.63, 3.8) is 0 Å². The monoisotopic (exact) mass is 424 g/mol. The van der Waals surface area contributed by atoms with Gasteiger partial charge in [0.15, 0.2) is 0 Å². The number of urea groups is 1. The largest absolute Gasteiger partial charge is 0.352 e. The van der Waals surface area contributed by atoms with Crippen LogP contribution in [0.2, 0.25) is 0 Å². The highest BCUT2D eigenvalue weighted by molar-refractivity contribution is 6.03. The van der Waals surface area contributed by atoms with E-state index < -0.39 is 12.1 Å². The van der Waals surface area contributed by atoms with Crippen LogP contribution in [-0.2, 0) is 9.59 Å². The van der Waals surface area contributed by atoms with Gasteiger partial charge in [-0.2, -0.15) is 0 Å². The standard InChI is InChI=1S/C24H32N4O3/c1-6-27-18-12-28(21(13(2)3)22(29)25-16-8-9-16)23(30)19(18)20(26-24(27)31)17-10-7-14(4)11-15(17)5/h7,10-11,13,16,20-21H,6,8-9,12H2,1-5H3,(H,25,29)(H,26,31)/t20-,21+/m1/s1. The third-order valence-electron chi connectivity index (χ3n) is 6.46. The van der Waals surface area contributed by atoms with Crippen LogP contribution in [0, 0.1) is 19.8 Å². The van der Waals surface area contributed by atoms with Gasteiger partial charge in [0.25, 0.3) is 5.91 Å². The summed E-state index contributed by atoms with van der Waals surface area (Å²) < 4.78 is 0. The van der Waals surface area contributed by atoms with Gasteiger partial charge in [0, 0.05) is 12.6 Å². The van der Waals surface area contributed by atoms with Gasteiger partial charge in [0.2, 0.25) is 5.91 Å². The molecule has 31 heavy (non-hydrogen) atoms. The van der Waals surface area contributed by atoms with Crippen LogP contribution in [0.15, 0.2) is 29.5 Å². The summed E-state index contributed by atoms with van der Waals surface area (Å²) in [6, 6.07) is 4.99. The lowest BCUT2D eigenvalue weighted by molar-refractivity contribution is -0.138. The number of rotatable bonds is 6. The number of nitrogens with one attached hydrogen (secondary N) is 2. The fraction of sp³-hybridized carbons (Fsp3) is 0.542. The summed E-state index contributed by atoms with van der Waals surface area (Å²) >= 11 is 0. The number of carbonyl (C=O) groups excluding carboxylic acids is 3. The molecular weight excluding hydrogens is 392 g/mol. The normalized spacial score (nSPS) is 22.1. The minimum absolute atomic E-state index is 0.0395. The van der Waals surface area contributed by atoms with Crippen molar-refractivity contribution in [2.75, 3.05) is 13.1 Å². The van der Waals surface area contributed by atoms with Crippen LogP contribution in [0.5, 0.6) is 0 Å². The number of aryl methyl sites for hydroxylation is 2. The predicted octanol–water partition coefficient (Wildman–Crippen LogP) is 2.79. The van der Waals surface area contributed by atoms with E-state index >= 15 is 0 Å². The minimum atomic E-state index is -0.563. The Morgan fingerprint density at radius 1 is 1.23 bits per heavy atom. The number of hydrogen-bond donors (Lipinski definition) is 2. The minimum Gasteiger partial charge on any atom is -0.352 e. The molecule has 0 radical (unpaired) electrons. The number of likely N-dealkylation sites (N-methyl/N-ethyl adjacent to an activating group) is 1. The van der Waals surface area contributed by atoms with Gasteiger partial charge < -0.3 is 15.5 Å². The first-order chi connectivity index (χ1) is 14.7. The molecule has 1 saturated carbocycles. The van der Waals surface area contributed by atoms with Gasteiger partial charge in [-0.25, -0.2) is 4.79 Å². The van der Waals surface area contributed by atoms with Crippen molar-refractivity contribution in [2.45, 2.75) is 65.6 Å². The van der Waals surface area contributed by atoms with Gasteiger partial charge in [0.05, 0.1) is 23.9 Å². The lowest BCUT2D eigenvalue weighted by atomic mass is 9.91. The first-order valence-electron chi connectivity index (χ1n) is 11.2. The van der Waals surface area contributed by atoms with Crippen molar-refractivity contribution in [3.8, 4) is 0 Å². The first-order valence-corrected chi connectivity index (χ1v) is 11.2. The van der Waals surface area contributed by atoms with Crippen molar-refractivity contribution < 1.29 is 14.4 Å². The molecular formula is C24H32N4O3. The van der Waals surface area contributed by atoms with E-state index in [2.05, 4.69) is 16.7 Å². The molecule has 1 aromatic carbocycles. The maximum absolute atomic E-state index is 13.7. The Bertz CT molecular complexity index is 964. The molecule has 3 aliphatic rings. The molecule has 0 unspecified atom stereocenters. The summed E-state index contributed by atoms with van der Waals surface area (Å²) in [7, 11) is 0. The zero-order chi connectivity index (χ0) is 22.4. The maximum atomic E-state index is 13.7. The molecule has 7 heteroatoms. The molecule has 2 heterocycles. The summed E-state index contributed by atoms with van der Waals surface area (Å²) in [6.07, 6.45) is 1.99. The van der Waals surface area contributed by atoms with E-state index in [4.69, 9.17) is 0 Å². The number of nitrogens with zero attached hydrogens (tertiary/aromatic N) is 2. The van der Waals surface area contributed by atoms with Crippen molar-refractivity contribution >= 4 is 17.8 Å². The van der Waals surface area contributed by atoms with Crippen LogP contribution in [0.3, 0.4) is 0 Å². The number of carbonyl (C=O) groups is 3. The van der Waals surface area contributed by atoms with Crippen molar-refractivity contribution in [1.29, 1.82) is 0 Å². The summed E-state index contributed by atoms with van der Waals surface area (Å²) in [5, 5.41) is 6.10. The Morgan fingerprint density at radius 3 is 2.52 bits per heavy atom. The third-order valence-corrected chi connectivity index (χ3v) is 6.46. The Morgan fingerprint density at radius 2 is 1.94 bits per heavy atom. The van der Waals surface area contributed by atoms with Crippen molar-refractivity contribution in [1.82, 2.24) is 20.4 Å². The highest BCUT2D eigenvalue weighted by atomic mass is 16.2. The second kappa shape index (κ2) is 8.02. The van der Waals surface area contributed by atoms with E-state index in [9.17, 15) is 14.4 Å². The van der Waals surface area contributed by atoms with Gasteiger partial charge in [-0.15, -0.1) is 0 Å². The molecule has 1 fully saturated rings. The van der Waals surface area contributed by atoms with Gasteiger partial charge in [0.1, 0.15) is 6.04 Å². The zero-order valence-electron chi connectivity index (χ0n) is 19.0. The highest BCUT2D eigenvalue weighted by Crippen LogP contribution is 2.39. The number of amides is 4. The molecule has 1 aliphatic carbocycles. The average Bonchev–Trinajstić information content (AvgIpc) is 3.44. The second-order valence-corrected chi connectivity index (χ2v) is 9.25. The summed E-state index contributed by atoms with van der Waals surface area (Å²) in [5.74, 6) is -0.304. The van der Waals surface area contributed by atoms with Crippen LogP contribution >= 0.6 is 0 Å². The molecule has 0 bridgehead atoms. The molecule has 1 aromatic rings. The summed E-state index contributed by atoms with van der Waals surface area (Å²) in [5.41, 5.74) is 4.37. The molecule has 2 atom stereocenters. The molecule has 166 valence electrons. The Labute approximate surface area is 183 Å². The van der Waals surface area contributed by atoms with Crippen LogP contribution in [0.25, 0.3) is 0 Å². The maximum Gasteiger partial charge on any atom is 0.322 e. The van der Waals surface area contributed by atoms with Gasteiger partial charge in [-0.1, -0.05) is 37.6 Å². The first kappa shape index (κ1) is 21.4. The molecule has 0 aromatic heterocycles. The molecule has 2 aliphatic heterocycles. The quantitative estimate of drug-likeness (QED) is 0.737. The SMILES string of the molecule is CCN1C(=O)N[C@H](c2ccc(C)cc2C)C2=C1CN([C@H](C(=O)NC1CC1)C(C)C)C2=O. The van der Waals surface area contributed by atoms with Crippen LogP contribution in [-0.4, -0.2) is 52.8 Å². The number of hydrogen-bond acceptors (Lipinski definition) is 3. The van der Waals surface area contributed by atoms with E-state index in [1.807, 2.05) is 46.8 Å². The molecule has 0 spiro atoms. The Kier molecular flexibility index (Phi) is 5.54. The third kappa shape index (κ3) is 3.82. The smallest absolute Gasteiger partial charge is 0.322 e. The fourth-order valence-electron chi connectivity index (χ4n) is 4.77. The van der Waals surface area contributed by atoms with E-state index in [0.717, 1.165) is 29.5 Å². The fourth-order valence-corrected chi connectivity index (χ4v) is 4.77. The van der Waals surface area contributed by atoms with Crippen molar-refractivity contribution in [2.24, 2.45) is 5.92 Å². The van der Waals surface area contributed by atoms with Gasteiger partial charge in [-0.05, 0) is 50.7 Å². The van der Waals surface area contributed by atoms with E-state index in [-0.39, 0.29) is 36.3 Å². The molecule has 0 saturated heterocycles. The van der Waals surface area contributed by atoms with Crippen molar-refractivity contribution in [3.05, 3.63) is 46.2 Å². The second-order valence-electron chi connectivity index (χ2n) is 9.25. The average molecular weight is 425 g/mol.